The summed E-state index contributed by atoms with van der Waals surface area (Å²) in [7, 11) is 0. The molecule has 2 aliphatic rings. The summed E-state index contributed by atoms with van der Waals surface area (Å²) < 4.78 is 0.454. The SMILES string of the molecule is CSC1(CNC2CCCCC2C#N)CCCCC1. The summed E-state index contributed by atoms with van der Waals surface area (Å²) in [5, 5.41) is 13.0. The van der Waals surface area contributed by atoms with Gasteiger partial charge in [0.25, 0.3) is 0 Å². The van der Waals surface area contributed by atoms with E-state index < -0.39 is 0 Å². The molecule has 102 valence electrons. The van der Waals surface area contributed by atoms with Crippen molar-refractivity contribution in [1.29, 1.82) is 5.26 Å². The Balaban J connectivity index is 1.86. The predicted octanol–water partition coefficient (Wildman–Crippen LogP) is 3.72. The normalized spacial score (nSPS) is 31.8. The number of hydrogen-bond acceptors (Lipinski definition) is 3. The van der Waals surface area contributed by atoms with Crippen LogP contribution in [0.3, 0.4) is 0 Å². The van der Waals surface area contributed by atoms with Gasteiger partial charge in [0, 0.05) is 17.3 Å². The molecule has 0 aromatic heterocycles. The van der Waals surface area contributed by atoms with Gasteiger partial charge in [-0.15, -0.1) is 0 Å². The Bertz CT molecular complexity index is 291. The van der Waals surface area contributed by atoms with Crippen molar-refractivity contribution < 1.29 is 0 Å². The molecule has 3 heteroatoms. The molecule has 2 fully saturated rings. The third-order valence-corrected chi connectivity index (χ3v) is 6.23. The largest absolute Gasteiger partial charge is 0.311 e. The van der Waals surface area contributed by atoms with E-state index in [0.717, 1.165) is 13.0 Å². The molecule has 2 nitrogen and oxygen atoms in total. The second kappa shape index (κ2) is 6.82. The topological polar surface area (TPSA) is 35.8 Å². The van der Waals surface area contributed by atoms with Crippen LogP contribution in [0, 0.1) is 17.2 Å². The Morgan fingerprint density at radius 1 is 1.17 bits per heavy atom. The zero-order valence-corrected chi connectivity index (χ0v) is 12.4. The lowest BCUT2D eigenvalue weighted by molar-refractivity contribution is 0.286. The highest BCUT2D eigenvalue weighted by atomic mass is 32.2. The van der Waals surface area contributed by atoms with Crippen LogP contribution < -0.4 is 5.32 Å². The summed E-state index contributed by atoms with van der Waals surface area (Å²) in [6, 6.07) is 2.96. The van der Waals surface area contributed by atoms with E-state index in [1.54, 1.807) is 0 Å². The van der Waals surface area contributed by atoms with Crippen molar-refractivity contribution in [1.82, 2.24) is 5.32 Å². The van der Waals surface area contributed by atoms with Crippen molar-refractivity contribution in [3.05, 3.63) is 0 Å². The summed E-state index contributed by atoms with van der Waals surface area (Å²) >= 11 is 2.05. The lowest BCUT2D eigenvalue weighted by Crippen LogP contribution is -2.46. The monoisotopic (exact) mass is 266 g/mol. The number of rotatable bonds is 4. The molecule has 18 heavy (non-hydrogen) atoms. The first-order valence-corrected chi connectivity index (χ1v) is 8.70. The second-order valence-corrected chi connectivity index (χ2v) is 7.23. The standard InChI is InChI=1S/C15H26N2S/c1-18-15(9-5-2-6-10-15)12-17-14-8-4-3-7-13(14)11-16/h13-14,17H,2-10,12H2,1H3. The lowest BCUT2D eigenvalue weighted by Gasteiger charge is -2.38. The number of hydrogen-bond donors (Lipinski definition) is 1. The molecule has 2 atom stereocenters. The fourth-order valence-corrected chi connectivity index (χ4v) is 4.42. The van der Waals surface area contributed by atoms with Gasteiger partial charge < -0.3 is 5.32 Å². The van der Waals surface area contributed by atoms with Crippen molar-refractivity contribution in [3.63, 3.8) is 0 Å². The van der Waals surface area contributed by atoms with Gasteiger partial charge >= 0.3 is 0 Å². The average Bonchev–Trinajstić information content (AvgIpc) is 2.46. The smallest absolute Gasteiger partial charge is 0.0672 e. The number of nitrogens with zero attached hydrogens (tertiary/aromatic N) is 1. The highest BCUT2D eigenvalue weighted by molar-refractivity contribution is 8.00. The van der Waals surface area contributed by atoms with E-state index in [1.165, 1.54) is 51.4 Å². The third-order valence-electron chi connectivity index (χ3n) is 4.82. The van der Waals surface area contributed by atoms with Crippen LogP contribution in [-0.4, -0.2) is 23.6 Å². The Labute approximate surface area is 116 Å². The maximum atomic E-state index is 9.22. The van der Waals surface area contributed by atoms with Gasteiger partial charge in [0.05, 0.1) is 12.0 Å². The van der Waals surface area contributed by atoms with E-state index in [4.69, 9.17) is 0 Å². The molecule has 0 heterocycles. The average molecular weight is 266 g/mol. The molecule has 0 aliphatic heterocycles. The van der Waals surface area contributed by atoms with Gasteiger partial charge in [0.15, 0.2) is 0 Å². The van der Waals surface area contributed by atoms with Crippen molar-refractivity contribution in [2.75, 3.05) is 12.8 Å². The third kappa shape index (κ3) is 3.42. The summed E-state index contributed by atoms with van der Waals surface area (Å²) in [5.74, 6) is 0.251. The summed E-state index contributed by atoms with van der Waals surface area (Å²) in [5.41, 5.74) is 0. The number of nitriles is 1. The Morgan fingerprint density at radius 2 is 1.89 bits per heavy atom. The summed E-state index contributed by atoms with van der Waals surface area (Å²) in [4.78, 5) is 0. The maximum Gasteiger partial charge on any atom is 0.0672 e. The van der Waals surface area contributed by atoms with Gasteiger partial charge in [0.1, 0.15) is 0 Å². The molecule has 0 spiro atoms. The van der Waals surface area contributed by atoms with Crippen LogP contribution in [0.5, 0.6) is 0 Å². The Morgan fingerprint density at radius 3 is 2.56 bits per heavy atom. The van der Waals surface area contributed by atoms with Crippen molar-refractivity contribution in [2.24, 2.45) is 5.92 Å². The van der Waals surface area contributed by atoms with E-state index in [2.05, 4.69) is 17.6 Å². The fraction of sp³-hybridized carbons (Fsp3) is 0.933. The van der Waals surface area contributed by atoms with Crippen LogP contribution in [0.2, 0.25) is 0 Å². The first-order chi connectivity index (χ1) is 8.79. The van der Waals surface area contributed by atoms with Crippen molar-refractivity contribution in [2.45, 2.75) is 68.6 Å². The van der Waals surface area contributed by atoms with Gasteiger partial charge in [-0.2, -0.15) is 17.0 Å². The van der Waals surface area contributed by atoms with Crippen LogP contribution in [0.15, 0.2) is 0 Å². The number of thioether (sulfide) groups is 1. The van der Waals surface area contributed by atoms with Gasteiger partial charge in [-0.1, -0.05) is 32.1 Å². The first kappa shape index (κ1) is 14.2. The minimum atomic E-state index is 0.251. The minimum absolute atomic E-state index is 0.251. The van der Waals surface area contributed by atoms with Gasteiger partial charge in [-0.3, -0.25) is 0 Å². The quantitative estimate of drug-likeness (QED) is 0.842. The Kier molecular flexibility index (Phi) is 5.38. The second-order valence-electron chi connectivity index (χ2n) is 5.96. The summed E-state index contributed by atoms with van der Waals surface area (Å²) in [6.45, 7) is 1.11. The van der Waals surface area contributed by atoms with Crippen LogP contribution in [0.25, 0.3) is 0 Å². The fourth-order valence-electron chi connectivity index (χ4n) is 3.50. The molecule has 2 saturated carbocycles. The predicted molar refractivity (Wildman–Crippen MR) is 78.7 cm³/mol. The zero-order chi connectivity index (χ0) is 12.8. The molecule has 0 amide bonds. The molecule has 0 saturated heterocycles. The van der Waals surface area contributed by atoms with Gasteiger partial charge in [0.2, 0.25) is 0 Å². The Hall–Kier alpha value is -0.200. The van der Waals surface area contributed by atoms with E-state index in [9.17, 15) is 5.26 Å². The highest BCUT2D eigenvalue weighted by Gasteiger charge is 2.33. The van der Waals surface area contributed by atoms with Crippen molar-refractivity contribution in [3.8, 4) is 6.07 Å². The summed E-state index contributed by atoms with van der Waals surface area (Å²) in [6.07, 6.45) is 14.0. The van der Waals surface area contributed by atoms with E-state index in [0.29, 0.717) is 10.8 Å². The van der Waals surface area contributed by atoms with E-state index in [-0.39, 0.29) is 5.92 Å². The molecule has 2 rings (SSSR count). The number of nitrogens with one attached hydrogen (secondary N) is 1. The van der Waals surface area contributed by atoms with Gasteiger partial charge in [-0.25, -0.2) is 0 Å². The molecular formula is C15H26N2S. The molecule has 2 aliphatic carbocycles. The van der Waals surface area contributed by atoms with Crippen LogP contribution in [0.4, 0.5) is 0 Å². The minimum Gasteiger partial charge on any atom is -0.311 e. The molecule has 0 aromatic rings. The van der Waals surface area contributed by atoms with E-state index in [1.807, 2.05) is 11.8 Å². The molecule has 1 N–H and O–H groups in total. The van der Waals surface area contributed by atoms with Crippen LogP contribution in [0.1, 0.15) is 57.8 Å². The molecule has 0 bridgehead atoms. The van der Waals surface area contributed by atoms with Crippen LogP contribution >= 0.6 is 11.8 Å². The van der Waals surface area contributed by atoms with Gasteiger partial charge in [-0.05, 0) is 31.9 Å². The molecule has 0 radical (unpaired) electrons. The highest BCUT2D eigenvalue weighted by Crippen LogP contribution is 2.38. The lowest BCUT2D eigenvalue weighted by atomic mass is 9.84. The maximum absolute atomic E-state index is 9.22. The van der Waals surface area contributed by atoms with Crippen molar-refractivity contribution >= 4 is 11.8 Å². The molecule has 0 aromatic carbocycles. The molecular weight excluding hydrogens is 240 g/mol. The molecule has 2 unspecified atom stereocenters. The first-order valence-electron chi connectivity index (χ1n) is 7.48. The van der Waals surface area contributed by atoms with E-state index >= 15 is 0 Å². The van der Waals surface area contributed by atoms with Crippen LogP contribution in [-0.2, 0) is 0 Å². The zero-order valence-electron chi connectivity index (χ0n) is 11.6.